The Bertz CT molecular complexity index is 289. The molecule has 14 heavy (non-hydrogen) atoms. The van der Waals surface area contributed by atoms with Crippen molar-refractivity contribution < 1.29 is 22.4 Å². The number of rotatable bonds is 4. The van der Waals surface area contributed by atoms with Crippen LogP contribution in [0.15, 0.2) is 4.52 Å². The molecule has 0 N–H and O–H groups in total. The molecule has 1 aromatic rings. The van der Waals surface area contributed by atoms with Crippen molar-refractivity contribution in [1.29, 1.82) is 0 Å². The molecule has 1 heterocycles. The van der Waals surface area contributed by atoms with Gasteiger partial charge in [-0.25, -0.2) is 0 Å². The smallest absolute Gasteiger partial charge is 0.372 e. The molecule has 80 valence electrons. The van der Waals surface area contributed by atoms with Gasteiger partial charge in [0.25, 0.3) is 0 Å². The fourth-order valence-corrected chi connectivity index (χ4v) is 1.05. The number of hydrogen-bond acceptors (Lipinski definition) is 4. The Kier molecular flexibility index (Phi) is 4.11. The van der Waals surface area contributed by atoms with Crippen molar-refractivity contribution >= 4 is 22.6 Å². The molecule has 0 atom stereocenters. The number of aromatic nitrogens is 2. The van der Waals surface area contributed by atoms with Crippen LogP contribution >= 0.6 is 22.6 Å². The SMILES string of the molecule is FC(F)(F)COCCc1nc(I)no1. The highest BCUT2D eigenvalue weighted by molar-refractivity contribution is 14.1. The molecule has 8 heteroatoms. The van der Waals surface area contributed by atoms with Gasteiger partial charge in [0.2, 0.25) is 9.72 Å². The average molecular weight is 322 g/mol. The molecule has 0 aliphatic rings. The highest BCUT2D eigenvalue weighted by atomic mass is 127. The molecule has 0 radical (unpaired) electrons. The molecular weight excluding hydrogens is 316 g/mol. The lowest BCUT2D eigenvalue weighted by Gasteiger charge is -2.05. The monoisotopic (exact) mass is 322 g/mol. The Hall–Kier alpha value is -0.380. The zero-order valence-electron chi connectivity index (χ0n) is 6.84. The minimum absolute atomic E-state index is 0.0855. The van der Waals surface area contributed by atoms with Gasteiger partial charge < -0.3 is 9.26 Å². The summed E-state index contributed by atoms with van der Waals surface area (Å²) in [7, 11) is 0. The number of ether oxygens (including phenoxy) is 1. The molecule has 4 nitrogen and oxygen atoms in total. The first-order valence-electron chi connectivity index (χ1n) is 3.60. The summed E-state index contributed by atoms with van der Waals surface area (Å²) in [5.74, 6) is 0.275. The highest BCUT2D eigenvalue weighted by Crippen LogP contribution is 2.14. The van der Waals surface area contributed by atoms with E-state index < -0.39 is 12.8 Å². The summed E-state index contributed by atoms with van der Waals surface area (Å²) in [4.78, 5) is 3.79. The first-order chi connectivity index (χ1) is 6.47. The third-order valence-corrected chi connectivity index (χ3v) is 1.61. The molecule has 0 saturated carbocycles. The second-order valence-corrected chi connectivity index (χ2v) is 3.34. The van der Waals surface area contributed by atoms with Crippen LogP contribution in [0.5, 0.6) is 0 Å². The number of hydrogen-bond donors (Lipinski definition) is 0. The molecule has 0 bridgehead atoms. The van der Waals surface area contributed by atoms with Crippen molar-refractivity contribution in [3.05, 3.63) is 9.72 Å². The van der Waals surface area contributed by atoms with Crippen molar-refractivity contribution in [3.63, 3.8) is 0 Å². The molecule has 0 fully saturated rings. The maximum absolute atomic E-state index is 11.6. The van der Waals surface area contributed by atoms with E-state index in [2.05, 4.69) is 19.4 Å². The van der Waals surface area contributed by atoms with Gasteiger partial charge in [-0.1, -0.05) is 5.16 Å². The molecule has 0 aliphatic heterocycles. The number of nitrogens with zero attached hydrogens (tertiary/aromatic N) is 2. The zero-order valence-corrected chi connectivity index (χ0v) is 9.00. The Morgan fingerprint density at radius 1 is 1.43 bits per heavy atom. The number of halogens is 4. The summed E-state index contributed by atoms with van der Waals surface area (Å²) in [5, 5.41) is 3.47. The minimum Gasteiger partial charge on any atom is -0.372 e. The van der Waals surface area contributed by atoms with Crippen molar-refractivity contribution in [1.82, 2.24) is 10.1 Å². The van der Waals surface area contributed by atoms with Gasteiger partial charge in [0, 0.05) is 22.6 Å². The van der Waals surface area contributed by atoms with E-state index in [1.807, 2.05) is 22.6 Å². The van der Waals surface area contributed by atoms with E-state index >= 15 is 0 Å². The lowest BCUT2D eigenvalue weighted by atomic mass is 10.4. The van der Waals surface area contributed by atoms with Crippen molar-refractivity contribution in [2.75, 3.05) is 13.2 Å². The zero-order chi connectivity index (χ0) is 10.6. The summed E-state index contributed by atoms with van der Waals surface area (Å²) in [6, 6.07) is 0. The molecule has 0 unspecified atom stereocenters. The predicted molar refractivity (Wildman–Crippen MR) is 47.6 cm³/mol. The van der Waals surface area contributed by atoms with Crippen LogP contribution in [0, 0.1) is 3.83 Å². The van der Waals surface area contributed by atoms with Crippen LogP contribution in [0.25, 0.3) is 0 Å². The van der Waals surface area contributed by atoms with Gasteiger partial charge in [-0.2, -0.15) is 18.2 Å². The summed E-state index contributed by atoms with van der Waals surface area (Å²) in [6.45, 7) is -1.34. The van der Waals surface area contributed by atoms with E-state index in [9.17, 15) is 13.2 Å². The van der Waals surface area contributed by atoms with Gasteiger partial charge in [-0.05, 0) is 0 Å². The van der Waals surface area contributed by atoms with E-state index in [1.54, 1.807) is 0 Å². The highest BCUT2D eigenvalue weighted by Gasteiger charge is 2.27. The van der Waals surface area contributed by atoms with Crippen LogP contribution in [0.3, 0.4) is 0 Å². The summed E-state index contributed by atoms with van der Waals surface area (Å²) in [5.41, 5.74) is 0. The van der Waals surface area contributed by atoms with E-state index in [4.69, 9.17) is 0 Å². The fourth-order valence-electron chi connectivity index (χ4n) is 0.683. The van der Waals surface area contributed by atoms with E-state index in [-0.39, 0.29) is 18.9 Å². The molecule has 1 aromatic heterocycles. The second kappa shape index (κ2) is 4.91. The Balaban J connectivity index is 2.16. The Morgan fingerprint density at radius 2 is 2.14 bits per heavy atom. The van der Waals surface area contributed by atoms with Gasteiger partial charge >= 0.3 is 6.18 Å². The maximum Gasteiger partial charge on any atom is 0.411 e. The van der Waals surface area contributed by atoms with Gasteiger partial charge in [0.05, 0.1) is 13.0 Å². The Labute approximate surface area is 90.9 Å². The van der Waals surface area contributed by atoms with Gasteiger partial charge in [0.1, 0.15) is 6.61 Å². The van der Waals surface area contributed by atoms with Crippen molar-refractivity contribution in [2.24, 2.45) is 0 Å². The van der Waals surface area contributed by atoms with Crippen LogP contribution in [0.4, 0.5) is 13.2 Å². The quantitative estimate of drug-likeness (QED) is 0.626. The first kappa shape index (κ1) is 11.7. The summed E-state index contributed by atoms with van der Waals surface area (Å²) < 4.78 is 44.3. The van der Waals surface area contributed by atoms with Gasteiger partial charge in [0.15, 0.2) is 0 Å². The molecule has 0 saturated heterocycles. The van der Waals surface area contributed by atoms with E-state index in [0.717, 1.165) is 0 Å². The van der Waals surface area contributed by atoms with Crippen molar-refractivity contribution in [3.8, 4) is 0 Å². The number of alkyl halides is 3. The van der Waals surface area contributed by atoms with Gasteiger partial charge in [-0.15, -0.1) is 0 Å². The van der Waals surface area contributed by atoms with Crippen LogP contribution in [0.2, 0.25) is 0 Å². The topological polar surface area (TPSA) is 48.2 Å². The Morgan fingerprint density at radius 3 is 2.64 bits per heavy atom. The third kappa shape index (κ3) is 4.74. The van der Waals surface area contributed by atoms with Crippen LogP contribution in [-0.4, -0.2) is 29.5 Å². The molecule has 0 amide bonds. The van der Waals surface area contributed by atoms with Crippen LogP contribution < -0.4 is 0 Å². The largest absolute Gasteiger partial charge is 0.411 e. The standard InChI is InChI=1S/C6H6F3IN2O2/c7-6(8,9)3-13-2-1-4-11-5(10)12-14-4/h1-3H2. The summed E-state index contributed by atoms with van der Waals surface area (Å²) >= 11 is 1.84. The minimum atomic E-state index is -4.29. The first-order valence-corrected chi connectivity index (χ1v) is 4.68. The molecular formula is C6H6F3IN2O2. The van der Waals surface area contributed by atoms with Crippen LogP contribution in [0.1, 0.15) is 5.89 Å². The molecule has 0 aromatic carbocycles. The van der Waals surface area contributed by atoms with E-state index in [1.165, 1.54) is 0 Å². The summed E-state index contributed by atoms with van der Waals surface area (Å²) in [6.07, 6.45) is -4.10. The maximum atomic E-state index is 11.6. The molecule has 0 aliphatic carbocycles. The fraction of sp³-hybridized carbons (Fsp3) is 0.667. The lowest BCUT2D eigenvalue weighted by Crippen LogP contribution is -2.17. The lowest BCUT2D eigenvalue weighted by molar-refractivity contribution is -0.173. The molecule has 0 spiro atoms. The van der Waals surface area contributed by atoms with Crippen molar-refractivity contribution in [2.45, 2.75) is 12.6 Å². The average Bonchev–Trinajstić information content (AvgIpc) is 2.44. The van der Waals surface area contributed by atoms with Gasteiger partial charge in [-0.3, -0.25) is 0 Å². The second-order valence-electron chi connectivity index (χ2n) is 2.37. The predicted octanol–water partition coefficient (Wildman–Crippen LogP) is 1.80. The third-order valence-electron chi connectivity index (χ3n) is 1.17. The van der Waals surface area contributed by atoms with Crippen LogP contribution in [-0.2, 0) is 11.2 Å². The normalized spacial score (nSPS) is 12.0. The van der Waals surface area contributed by atoms with E-state index in [0.29, 0.717) is 3.83 Å². The molecule has 1 rings (SSSR count).